The molecule has 1 aliphatic carbocycles. The van der Waals surface area contributed by atoms with Crippen molar-refractivity contribution in [3.63, 3.8) is 0 Å². The minimum absolute atomic E-state index is 0.0836. The Balaban J connectivity index is 1.70. The van der Waals surface area contributed by atoms with Crippen molar-refractivity contribution in [3.8, 4) is 16.3 Å². The summed E-state index contributed by atoms with van der Waals surface area (Å²) in [4.78, 5) is 15.4. The van der Waals surface area contributed by atoms with Crippen molar-refractivity contribution in [2.75, 3.05) is 11.5 Å². The van der Waals surface area contributed by atoms with Crippen LogP contribution in [-0.4, -0.2) is 28.8 Å². The number of hydrogen-bond acceptors (Lipinski definition) is 5. The van der Waals surface area contributed by atoms with E-state index in [2.05, 4.69) is 10.2 Å². The van der Waals surface area contributed by atoms with Crippen LogP contribution in [0.15, 0.2) is 48.5 Å². The Morgan fingerprint density at radius 1 is 1.14 bits per heavy atom. The van der Waals surface area contributed by atoms with Crippen molar-refractivity contribution in [1.82, 2.24) is 10.2 Å². The zero-order chi connectivity index (χ0) is 20.2. The lowest BCUT2D eigenvalue weighted by Gasteiger charge is -2.26. The lowest BCUT2D eigenvalue weighted by molar-refractivity contribution is 0.0973. The molecule has 3 aromatic rings. The highest BCUT2D eigenvalue weighted by molar-refractivity contribution is 7.18. The van der Waals surface area contributed by atoms with Gasteiger partial charge in [0.05, 0.1) is 12.2 Å². The van der Waals surface area contributed by atoms with Crippen molar-refractivity contribution in [3.05, 3.63) is 59.1 Å². The van der Waals surface area contributed by atoms with Gasteiger partial charge in [0, 0.05) is 16.6 Å². The topological polar surface area (TPSA) is 55.3 Å². The Morgan fingerprint density at radius 2 is 1.86 bits per heavy atom. The van der Waals surface area contributed by atoms with Gasteiger partial charge in [-0.3, -0.25) is 9.69 Å². The van der Waals surface area contributed by atoms with Crippen molar-refractivity contribution < 1.29 is 9.53 Å². The van der Waals surface area contributed by atoms with Gasteiger partial charge in [-0.05, 0) is 44.0 Å². The number of carbonyl (C=O) groups is 1. The second-order valence-corrected chi connectivity index (χ2v) is 8.33. The molecule has 1 aliphatic rings. The number of hydrogen-bond donors (Lipinski definition) is 0. The van der Waals surface area contributed by atoms with E-state index < -0.39 is 0 Å². The van der Waals surface area contributed by atoms with Crippen molar-refractivity contribution in [2.24, 2.45) is 0 Å². The summed E-state index contributed by atoms with van der Waals surface area (Å²) in [7, 11) is 0. The van der Waals surface area contributed by atoms with E-state index in [1.54, 1.807) is 0 Å². The van der Waals surface area contributed by atoms with Gasteiger partial charge in [0.15, 0.2) is 0 Å². The number of benzene rings is 2. The Labute approximate surface area is 179 Å². The zero-order valence-corrected chi connectivity index (χ0v) is 17.7. The van der Waals surface area contributed by atoms with Crippen molar-refractivity contribution in [2.45, 2.75) is 38.6 Å². The largest absolute Gasteiger partial charge is 0.493 e. The number of amides is 1. The minimum atomic E-state index is -0.0836. The van der Waals surface area contributed by atoms with Gasteiger partial charge >= 0.3 is 0 Å². The summed E-state index contributed by atoms with van der Waals surface area (Å²) in [6.45, 7) is 2.42. The summed E-state index contributed by atoms with van der Waals surface area (Å²) in [6, 6.07) is 15.0. The monoisotopic (exact) mass is 427 g/mol. The third kappa shape index (κ3) is 4.28. The molecule has 1 amide bonds. The van der Waals surface area contributed by atoms with Gasteiger partial charge < -0.3 is 4.74 Å². The number of ether oxygens (including phenoxy) is 1. The first kappa shape index (κ1) is 19.9. The van der Waals surface area contributed by atoms with E-state index in [0.717, 1.165) is 36.3 Å². The molecule has 150 valence electrons. The first-order valence-electron chi connectivity index (χ1n) is 9.82. The highest BCUT2D eigenvalue weighted by Gasteiger charge is 2.32. The molecule has 0 saturated heterocycles. The van der Waals surface area contributed by atoms with Crippen LogP contribution in [-0.2, 0) is 0 Å². The van der Waals surface area contributed by atoms with Crippen LogP contribution in [0, 0.1) is 0 Å². The maximum absolute atomic E-state index is 13.6. The molecule has 0 spiro atoms. The summed E-state index contributed by atoms with van der Waals surface area (Å²) < 4.78 is 5.70. The summed E-state index contributed by atoms with van der Waals surface area (Å²) in [5.74, 6) is 0.519. The average Bonchev–Trinajstić information content (AvgIpc) is 3.42. The van der Waals surface area contributed by atoms with E-state index in [-0.39, 0.29) is 11.9 Å². The van der Waals surface area contributed by atoms with Gasteiger partial charge in [0.25, 0.3) is 5.91 Å². The van der Waals surface area contributed by atoms with Crippen LogP contribution in [0.2, 0.25) is 5.02 Å². The lowest BCUT2D eigenvalue weighted by Crippen LogP contribution is -2.39. The molecule has 29 heavy (non-hydrogen) atoms. The predicted octanol–water partition coefficient (Wildman–Crippen LogP) is 5.85. The highest BCUT2D eigenvalue weighted by atomic mass is 35.5. The summed E-state index contributed by atoms with van der Waals surface area (Å²) >= 11 is 7.42. The van der Waals surface area contributed by atoms with E-state index in [9.17, 15) is 4.79 Å². The molecule has 5 nitrogen and oxygen atoms in total. The Kier molecular flexibility index (Phi) is 6.11. The molecule has 1 fully saturated rings. The lowest BCUT2D eigenvalue weighted by atomic mass is 10.1. The van der Waals surface area contributed by atoms with Gasteiger partial charge in [-0.2, -0.15) is 0 Å². The van der Waals surface area contributed by atoms with E-state index in [0.29, 0.717) is 28.1 Å². The second kappa shape index (κ2) is 8.93. The van der Waals surface area contributed by atoms with E-state index in [1.807, 2.05) is 60.4 Å². The van der Waals surface area contributed by atoms with Gasteiger partial charge in [-0.1, -0.05) is 60.0 Å². The molecule has 1 heterocycles. The molecule has 1 saturated carbocycles. The molecule has 0 aliphatic heterocycles. The molecule has 0 atom stereocenters. The third-order valence-electron chi connectivity index (χ3n) is 5.04. The molecule has 0 N–H and O–H groups in total. The standard InChI is InChI=1S/C22H22ClN3O2S/c1-2-28-19-10-6-5-9-18(19)21(27)26(17-7-3-4-8-17)22-25-24-20(29-22)15-11-13-16(23)14-12-15/h5-6,9-14,17H,2-4,7-8H2,1H3. The fourth-order valence-electron chi connectivity index (χ4n) is 3.65. The van der Waals surface area contributed by atoms with Crippen LogP contribution in [0.1, 0.15) is 43.0 Å². The molecule has 1 aromatic heterocycles. The first-order chi connectivity index (χ1) is 14.2. The van der Waals surface area contributed by atoms with Crippen LogP contribution < -0.4 is 9.64 Å². The summed E-state index contributed by atoms with van der Waals surface area (Å²) in [5, 5.41) is 10.8. The maximum Gasteiger partial charge on any atom is 0.264 e. The number of carbonyl (C=O) groups excluding carboxylic acids is 1. The smallest absolute Gasteiger partial charge is 0.264 e. The quantitative estimate of drug-likeness (QED) is 0.495. The maximum atomic E-state index is 13.6. The number of rotatable bonds is 6. The van der Waals surface area contributed by atoms with Gasteiger partial charge in [-0.15, -0.1) is 10.2 Å². The van der Waals surface area contributed by atoms with Crippen molar-refractivity contribution in [1.29, 1.82) is 0 Å². The average molecular weight is 428 g/mol. The molecule has 4 rings (SSSR count). The molecule has 2 aromatic carbocycles. The number of aromatic nitrogens is 2. The fraction of sp³-hybridized carbons (Fsp3) is 0.318. The van der Waals surface area contributed by atoms with Crippen LogP contribution in [0.5, 0.6) is 5.75 Å². The van der Waals surface area contributed by atoms with Crippen LogP contribution >= 0.6 is 22.9 Å². The van der Waals surface area contributed by atoms with Gasteiger partial charge in [0.1, 0.15) is 10.8 Å². The van der Waals surface area contributed by atoms with Crippen LogP contribution in [0.3, 0.4) is 0 Å². The van der Waals surface area contributed by atoms with E-state index in [4.69, 9.17) is 16.3 Å². The number of anilines is 1. The predicted molar refractivity (Wildman–Crippen MR) is 117 cm³/mol. The molecular formula is C22H22ClN3O2S. The molecule has 0 bridgehead atoms. The molecular weight excluding hydrogens is 406 g/mol. The highest BCUT2D eigenvalue weighted by Crippen LogP contribution is 2.36. The van der Waals surface area contributed by atoms with Crippen LogP contribution in [0.4, 0.5) is 5.13 Å². The van der Waals surface area contributed by atoms with Gasteiger partial charge in [0.2, 0.25) is 5.13 Å². The second-order valence-electron chi connectivity index (χ2n) is 6.94. The third-order valence-corrected chi connectivity index (χ3v) is 6.26. The normalized spacial score (nSPS) is 14.1. The van der Waals surface area contributed by atoms with E-state index >= 15 is 0 Å². The number of nitrogens with zero attached hydrogens (tertiary/aromatic N) is 3. The molecule has 0 unspecified atom stereocenters. The fourth-order valence-corrected chi connectivity index (χ4v) is 4.69. The first-order valence-corrected chi connectivity index (χ1v) is 11.0. The van der Waals surface area contributed by atoms with Crippen molar-refractivity contribution >= 4 is 34.0 Å². The Hall–Kier alpha value is -2.44. The number of para-hydroxylation sites is 1. The molecule has 0 radical (unpaired) electrons. The minimum Gasteiger partial charge on any atom is -0.493 e. The number of halogens is 1. The SMILES string of the molecule is CCOc1ccccc1C(=O)N(c1nnc(-c2ccc(Cl)cc2)s1)C1CCCC1. The van der Waals surface area contributed by atoms with Crippen LogP contribution in [0.25, 0.3) is 10.6 Å². The summed E-state index contributed by atoms with van der Waals surface area (Å²) in [6.07, 6.45) is 4.17. The summed E-state index contributed by atoms with van der Waals surface area (Å²) in [5.41, 5.74) is 1.50. The molecule has 7 heteroatoms. The van der Waals surface area contributed by atoms with Gasteiger partial charge in [-0.25, -0.2) is 0 Å². The zero-order valence-electron chi connectivity index (χ0n) is 16.2. The Bertz CT molecular complexity index is 984. The van der Waals surface area contributed by atoms with E-state index in [1.165, 1.54) is 11.3 Å². The Morgan fingerprint density at radius 3 is 2.59 bits per heavy atom.